The van der Waals surface area contributed by atoms with Gasteiger partial charge < -0.3 is 18.9 Å². The van der Waals surface area contributed by atoms with Gasteiger partial charge in [0.1, 0.15) is 12.4 Å². The van der Waals surface area contributed by atoms with E-state index in [0.29, 0.717) is 18.1 Å². The Morgan fingerprint density at radius 3 is 2.96 bits per heavy atom. The van der Waals surface area contributed by atoms with Crippen LogP contribution in [0.4, 0.5) is 0 Å². The third kappa shape index (κ3) is 4.25. The van der Waals surface area contributed by atoms with E-state index in [2.05, 4.69) is 5.16 Å². The Bertz CT molecular complexity index is 754. The van der Waals surface area contributed by atoms with Crippen molar-refractivity contribution in [3.63, 3.8) is 0 Å². The lowest BCUT2D eigenvalue weighted by Crippen LogP contribution is -2.46. The molecule has 3 rings (SSSR count). The van der Waals surface area contributed by atoms with E-state index in [1.165, 1.54) is 0 Å². The molecule has 1 amide bonds. The highest BCUT2D eigenvalue weighted by Gasteiger charge is 2.29. The summed E-state index contributed by atoms with van der Waals surface area (Å²) >= 11 is 0. The topological polar surface area (TPSA) is 64.8 Å². The van der Waals surface area contributed by atoms with Crippen molar-refractivity contribution < 1.29 is 18.8 Å². The quantitative estimate of drug-likeness (QED) is 0.791. The molecule has 1 atom stereocenters. The van der Waals surface area contributed by atoms with Crippen molar-refractivity contribution in [2.24, 2.45) is 0 Å². The van der Waals surface area contributed by atoms with Crippen LogP contribution in [0.3, 0.4) is 0 Å². The normalized spacial score (nSPS) is 17.3. The number of piperidine rings is 1. The summed E-state index contributed by atoms with van der Waals surface area (Å²) < 4.78 is 16.4. The summed E-state index contributed by atoms with van der Waals surface area (Å²) in [4.78, 5) is 14.6. The molecule has 0 spiro atoms. The molecule has 0 bridgehead atoms. The first kappa shape index (κ1) is 18.5. The Hall–Kier alpha value is -2.34. The Balaban J connectivity index is 1.65. The van der Waals surface area contributed by atoms with Gasteiger partial charge in [-0.2, -0.15) is 0 Å². The van der Waals surface area contributed by atoms with Crippen LogP contribution in [0.15, 0.2) is 28.8 Å². The van der Waals surface area contributed by atoms with Gasteiger partial charge in [0.05, 0.1) is 12.6 Å². The Morgan fingerprint density at radius 2 is 2.15 bits per heavy atom. The highest BCUT2D eigenvalue weighted by Crippen LogP contribution is 2.22. The predicted octanol–water partition coefficient (Wildman–Crippen LogP) is 3.51. The van der Waals surface area contributed by atoms with E-state index in [0.717, 1.165) is 42.7 Å². The van der Waals surface area contributed by atoms with Crippen molar-refractivity contribution >= 4 is 5.91 Å². The maximum atomic E-state index is 12.8. The van der Waals surface area contributed by atoms with Crippen LogP contribution in [-0.4, -0.2) is 42.3 Å². The molecule has 0 N–H and O–H groups in total. The van der Waals surface area contributed by atoms with Crippen LogP contribution >= 0.6 is 0 Å². The number of nitrogens with zero attached hydrogens (tertiary/aromatic N) is 2. The van der Waals surface area contributed by atoms with Crippen LogP contribution in [0.5, 0.6) is 5.75 Å². The minimum atomic E-state index is -0.103. The summed E-state index contributed by atoms with van der Waals surface area (Å²) in [6.45, 7) is 5.54. The summed E-state index contributed by atoms with van der Waals surface area (Å²) in [6.07, 6.45) is 3.08. The van der Waals surface area contributed by atoms with Crippen molar-refractivity contribution in [2.45, 2.75) is 45.8 Å². The Labute approximate surface area is 154 Å². The SMILES string of the molecule is COC[C@H]1CCCCN1C(=O)c1cc(COc2cc(C)ccc2C)on1. The Kier molecular flexibility index (Phi) is 5.93. The largest absolute Gasteiger partial charge is 0.485 e. The molecule has 1 aliphatic rings. The summed E-state index contributed by atoms with van der Waals surface area (Å²) in [5, 5.41) is 3.95. The maximum Gasteiger partial charge on any atom is 0.276 e. The van der Waals surface area contributed by atoms with Gasteiger partial charge in [0.25, 0.3) is 5.91 Å². The van der Waals surface area contributed by atoms with Gasteiger partial charge in [-0.1, -0.05) is 17.3 Å². The number of likely N-dealkylation sites (tertiary alicyclic amines) is 1. The van der Waals surface area contributed by atoms with Crippen molar-refractivity contribution in [1.29, 1.82) is 0 Å². The summed E-state index contributed by atoms with van der Waals surface area (Å²) in [7, 11) is 1.66. The first-order valence-corrected chi connectivity index (χ1v) is 9.04. The second-order valence-electron chi connectivity index (χ2n) is 6.84. The van der Waals surface area contributed by atoms with Gasteiger partial charge >= 0.3 is 0 Å². The summed E-state index contributed by atoms with van der Waals surface area (Å²) in [6, 6.07) is 7.83. The molecule has 2 aromatic rings. The molecule has 2 heterocycles. The van der Waals surface area contributed by atoms with Crippen LogP contribution in [0.25, 0.3) is 0 Å². The fourth-order valence-electron chi connectivity index (χ4n) is 3.27. The predicted molar refractivity (Wildman–Crippen MR) is 97.3 cm³/mol. The molecule has 0 saturated carbocycles. The van der Waals surface area contributed by atoms with Crippen LogP contribution in [0.2, 0.25) is 0 Å². The van der Waals surface area contributed by atoms with Gasteiger partial charge in [0.2, 0.25) is 0 Å². The van der Waals surface area contributed by atoms with E-state index in [4.69, 9.17) is 14.0 Å². The third-order valence-corrected chi connectivity index (χ3v) is 4.74. The number of aryl methyl sites for hydroxylation is 2. The first-order chi connectivity index (χ1) is 12.6. The average molecular weight is 358 g/mol. The fourth-order valence-corrected chi connectivity index (χ4v) is 3.27. The van der Waals surface area contributed by atoms with Gasteiger partial charge in [-0.3, -0.25) is 4.79 Å². The number of aromatic nitrogens is 1. The molecular weight excluding hydrogens is 332 g/mol. The van der Waals surface area contributed by atoms with Crippen molar-refractivity contribution in [1.82, 2.24) is 10.1 Å². The zero-order valence-corrected chi connectivity index (χ0v) is 15.7. The molecule has 26 heavy (non-hydrogen) atoms. The second kappa shape index (κ2) is 8.36. The molecule has 0 radical (unpaired) electrons. The van der Waals surface area contributed by atoms with Gasteiger partial charge in [0, 0.05) is 19.7 Å². The zero-order chi connectivity index (χ0) is 18.5. The summed E-state index contributed by atoms with van der Waals surface area (Å²) in [5.41, 5.74) is 2.52. The molecule has 1 aromatic heterocycles. The molecule has 6 heteroatoms. The minimum absolute atomic E-state index is 0.103. The summed E-state index contributed by atoms with van der Waals surface area (Å²) in [5.74, 6) is 1.24. The lowest BCUT2D eigenvalue weighted by atomic mass is 10.0. The van der Waals surface area contributed by atoms with Gasteiger partial charge in [-0.05, 0) is 50.3 Å². The number of hydrogen-bond donors (Lipinski definition) is 0. The number of carbonyl (C=O) groups is 1. The van der Waals surface area contributed by atoms with E-state index in [9.17, 15) is 4.79 Å². The number of carbonyl (C=O) groups excluding carboxylic acids is 1. The molecule has 1 aromatic carbocycles. The number of rotatable bonds is 6. The maximum absolute atomic E-state index is 12.8. The van der Waals surface area contributed by atoms with E-state index >= 15 is 0 Å². The number of hydrogen-bond acceptors (Lipinski definition) is 5. The molecule has 1 fully saturated rings. The number of benzene rings is 1. The van der Waals surface area contributed by atoms with Crippen molar-refractivity contribution in [3.05, 3.63) is 46.8 Å². The van der Waals surface area contributed by atoms with Crippen LogP contribution in [0.1, 0.15) is 46.6 Å². The molecule has 1 saturated heterocycles. The molecule has 0 unspecified atom stereocenters. The molecule has 140 valence electrons. The Morgan fingerprint density at radius 1 is 1.31 bits per heavy atom. The standard InChI is InChI=1S/C20H26N2O4/c1-14-7-8-15(2)19(10-14)25-13-17-11-18(21-26-17)20(23)22-9-5-4-6-16(22)12-24-3/h7-8,10-11,16H,4-6,9,12-13H2,1-3H3/t16-/m1/s1. The molecule has 1 aliphatic heterocycles. The van der Waals surface area contributed by atoms with Crippen molar-refractivity contribution in [3.8, 4) is 5.75 Å². The van der Waals surface area contributed by atoms with Gasteiger partial charge in [-0.15, -0.1) is 0 Å². The van der Waals surface area contributed by atoms with Crippen LogP contribution in [0, 0.1) is 13.8 Å². The highest BCUT2D eigenvalue weighted by atomic mass is 16.5. The minimum Gasteiger partial charge on any atom is -0.485 e. The molecular formula is C20H26N2O4. The fraction of sp³-hybridized carbons (Fsp3) is 0.500. The van der Waals surface area contributed by atoms with Gasteiger partial charge in [-0.25, -0.2) is 0 Å². The lowest BCUT2D eigenvalue weighted by molar-refractivity contribution is 0.0419. The average Bonchev–Trinajstić information content (AvgIpc) is 3.12. The van der Waals surface area contributed by atoms with E-state index in [1.807, 2.05) is 36.9 Å². The van der Waals surface area contributed by atoms with Crippen molar-refractivity contribution in [2.75, 3.05) is 20.3 Å². The molecule has 0 aliphatic carbocycles. The van der Waals surface area contributed by atoms with Gasteiger partial charge in [0.15, 0.2) is 11.5 Å². The van der Waals surface area contributed by atoms with E-state index in [1.54, 1.807) is 13.2 Å². The number of ether oxygens (including phenoxy) is 2. The third-order valence-electron chi connectivity index (χ3n) is 4.74. The van der Waals surface area contributed by atoms with E-state index < -0.39 is 0 Å². The number of methoxy groups -OCH3 is 1. The van der Waals surface area contributed by atoms with Crippen LogP contribution < -0.4 is 4.74 Å². The monoisotopic (exact) mass is 358 g/mol. The zero-order valence-electron chi connectivity index (χ0n) is 15.7. The van der Waals surface area contributed by atoms with E-state index in [-0.39, 0.29) is 18.6 Å². The second-order valence-corrected chi connectivity index (χ2v) is 6.84. The smallest absolute Gasteiger partial charge is 0.276 e. The lowest BCUT2D eigenvalue weighted by Gasteiger charge is -2.34. The molecule has 6 nitrogen and oxygen atoms in total. The highest BCUT2D eigenvalue weighted by molar-refractivity contribution is 5.92. The van der Waals surface area contributed by atoms with Crippen LogP contribution in [-0.2, 0) is 11.3 Å². The first-order valence-electron chi connectivity index (χ1n) is 9.04. The number of amides is 1.